The molecule has 3 heteroatoms. The predicted molar refractivity (Wildman–Crippen MR) is 90.0 cm³/mol. The summed E-state index contributed by atoms with van der Waals surface area (Å²) in [6, 6.07) is 11.2. The van der Waals surface area contributed by atoms with Crippen molar-refractivity contribution in [2.75, 3.05) is 6.54 Å². The molecule has 20 heavy (non-hydrogen) atoms. The van der Waals surface area contributed by atoms with Gasteiger partial charge >= 0.3 is 0 Å². The van der Waals surface area contributed by atoms with Crippen molar-refractivity contribution < 1.29 is 0 Å². The normalized spacial score (nSPS) is 12.6. The lowest BCUT2D eigenvalue weighted by molar-refractivity contribution is 0.633. The highest BCUT2D eigenvalue weighted by atomic mass is 35.5. The SMILES string of the molecule is CCNC(c1ccc(Cl)s1)c1cc(CC)ccc1CC. The number of halogens is 1. The van der Waals surface area contributed by atoms with Crippen LogP contribution < -0.4 is 5.32 Å². The summed E-state index contributed by atoms with van der Waals surface area (Å²) in [7, 11) is 0. The summed E-state index contributed by atoms with van der Waals surface area (Å²) in [5.74, 6) is 0. The molecule has 1 N–H and O–H groups in total. The number of benzene rings is 1. The van der Waals surface area contributed by atoms with E-state index in [1.54, 1.807) is 11.3 Å². The first-order chi connectivity index (χ1) is 9.69. The topological polar surface area (TPSA) is 12.0 Å². The molecule has 2 rings (SSSR count). The molecule has 1 nitrogen and oxygen atoms in total. The van der Waals surface area contributed by atoms with Crippen LogP contribution in [0.1, 0.15) is 48.4 Å². The minimum absolute atomic E-state index is 0.249. The van der Waals surface area contributed by atoms with Crippen LogP contribution in [-0.4, -0.2) is 6.54 Å². The first-order valence-corrected chi connectivity index (χ1v) is 8.49. The van der Waals surface area contributed by atoms with E-state index in [0.29, 0.717) is 0 Å². The van der Waals surface area contributed by atoms with Crippen LogP contribution in [0.5, 0.6) is 0 Å². The molecule has 2 aromatic rings. The third kappa shape index (κ3) is 3.43. The monoisotopic (exact) mass is 307 g/mol. The Morgan fingerprint density at radius 3 is 2.45 bits per heavy atom. The Morgan fingerprint density at radius 1 is 1.10 bits per heavy atom. The van der Waals surface area contributed by atoms with E-state index in [4.69, 9.17) is 11.6 Å². The first-order valence-electron chi connectivity index (χ1n) is 7.29. The van der Waals surface area contributed by atoms with Crippen LogP contribution in [-0.2, 0) is 12.8 Å². The summed E-state index contributed by atoms with van der Waals surface area (Å²) in [6.45, 7) is 7.51. The van der Waals surface area contributed by atoms with E-state index in [-0.39, 0.29) is 6.04 Å². The second-order valence-corrected chi connectivity index (χ2v) is 6.62. The summed E-state index contributed by atoms with van der Waals surface area (Å²) in [5, 5.41) is 3.61. The van der Waals surface area contributed by atoms with Gasteiger partial charge in [0.2, 0.25) is 0 Å². The number of hydrogen-bond acceptors (Lipinski definition) is 2. The van der Waals surface area contributed by atoms with Gasteiger partial charge in [-0.25, -0.2) is 0 Å². The highest BCUT2D eigenvalue weighted by Gasteiger charge is 2.18. The molecule has 1 unspecified atom stereocenters. The van der Waals surface area contributed by atoms with E-state index in [0.717, 1.165) is 23.7 Å². The van der Waals surface area contributed by atoms with Gasteiger partial charge in [-0.05, 0) is 48.2 Å². The van der Waals surface area contributed by atoms with Crippen molar-refractivity contribution >= 4 is 22.9 Å². The molecule has 0 aliphatic rings. The maximum atomic E-state index is 6.12. The zero-order valence-corrected chi connectivity index (χ0v) is 13.9. The standard InChI is InChI=1S/C17H22ClNS/c1-4-12-7-8-13(5-2)14(11-12)17(19-6-3)15-9-10-16(18)20-15/h7-11,17,19H,4-6H2,1-3H3. The average Bonchev–Trinajstić information content (AvgIpc) is 2.90. The van der Waals surface area contributed by atoms with Gasteiger partial charge in [-0.1, -0.05) is 50.6 Å². The molecule has 0 aliphatic carbocycles. The van der Waals surface area contributed by atoms with Gasteiger partial charge < -0.3 is 5.32 Å². The van der Waals surface area contributed by atoms with E-state index in [2.05, 4.69) is 50.4 Å². The minimum atomic E-state index is 0.249. The van der Waals surface area contributed by atoms with Crippen molar-refractivity contribution in [2.45, 2.75) is 39.7 Å². The smallest absolute Gasteiger partial charge is 0.0931 e. The van der Waals surface area contributed by atoms with E-state index in [9.17, 15) is 0 Å². The molecule has 1 aromatic carbocycles. The number of nitrogens with one attached hydrogen (secondary N) is 1. The van der Waals surface area contributed by atoms with Gasteiger partial charge in [0.15, 0.2) is 0 Å². The van der Waals surface area contributed by atoms with Crippen LogP contribution in [0.15, 0.2) is 30.3 Å². The van der Waals surface area contributed by atoms with Crippen molar-refractivity contribution in [2.24, 2.45) is 0 Å². The number of aryl methyl sites for hydroxylation is 2. The second-order valence-electron chi connectivity index (χ2n) is 4.87. The lowest BCUT2D eigenvalue weighted by atomic mass is 9.94. The molecule has 0 saturated heterocycles. The summed E-state index contributed by atoms with van der Waals surface area (Å²) in [4.78, 5) is 1.29. The third-order valence-electron chi connectivity index (χ3n) is 3.60. The van der Waals surface area contributed by atoms with E-state index in [1.807, 2.05) is 6.07 Å². The zero-order valence-electron chi connectivity index (χ0n) is 12.4. The fourth-order valence-corrected chi connectivity index (χ4v) is 3.66. The summed E-state index contributed by atoms with van der Waals surface area (Å²) in [6.07, 6.45) is 2.13. The Morgan fingerprint density at radius 2 is 1.90 bits per heavy atom. The molecule has 108 valence electrons. The number of rotatable bonds is 6. The van der Waals surface area contributed by atoms with Gasteiger partial charge in [-0.2, -0.15) is 0 Å². The lowest BCUT2D eigenvalue weighted by Crippen LogP contribution is -2.22. The Kier molecular flexibility index (Phi) is 5.64. The minimum Gasteiger partial charge on any atom is -0.306 e. The second kappa shape index (κ2) is 7.26. The largest absolute Gasteiger partial charge is 0.306 e. The molecular weight excluding hydrogens is 286 g/mol. The van der Waals surface area contributed by atoms with Gasteiger partial charge in [0, 0.05) is 4.88 Å². The first kappa shape index (κ1) is 15.6. The maximum absolute atomic E-state index is 6.12. The molecule has 0 spiro atoms. The van der Waals surface area contributed by atoms with E-state index < -0.39 is 0 Å². The molecule has 1 aromatic heterocycles. The number of thiophene rings is 1. The molecular formula is C17H22ClNS. The third-order valence-corrected chi connectivity index (χ3v) is 4.89. The molecule has 0 aliphatic heterocycles. The number of hydrogen-bond donors (Lipinski definition) is 1. The van der Waals surface area contributed by atoms with Gasteiger partial charge in [0.25, 0.3) is 0 Å². The molecule has 0 fully saturated rings. The zero-order chi connectivity index (χ0) is 14.5. The van der Waals surface area contributed by atoms with Gasteiger partial charge in [-0.15, -0.1) is 11.3 Å². The summed E-state index contributed by atoms with van der Waals surface area (Å²) >= 11 is 7.78. The van der Waals surface area contributed by atoms with Crippen molar-refractivity contribution in [3.05, 3.63) is 56.2 Å². The molecule has 1 heterocycles. The van der Waals surface area contributed by atoms with E-state index in [1.165, 1.54) is 21.6 Å². The van der Waals surface area contributed by atoms with Crippen molar-refractivity contribution in [3.8, 4) is 0 Å². The van der Waals surface area contributed by atoms with Crippen LogP contribution >= 0.6 is 22.9 Å². The summed E-state index contributed by atoms with van der Waals surface area (Å²) < 4.78 is 0.854. The van der Waals surface area contributed by atoms with Crippen molar-refractivity contribution in [3.63, 3.8) is 0 Å². The quantitative estimate of drug-likeness (QED) is 0.771. The van der Waals surface area contributed by atoms with Crippen LogP contribution in [0.2, 0.25) is 4.34 Å². The molecule has 1 atom stereocenters. The maximum Gasteiger partial charge on any atom is 0.0931 e. The predicted octanol–water partition coefficient (Wildman–Crippen LogP) is 5.23. The van der Waals surface area contributed by atoms with Crippen molar-refractivity contribution in [1.82, 2.24) is 5.32 Å². The van der Waals surface area contributed by atoms with Crippen molar-refractivity contribution in [1.29, 1.82) is 0 Å². The van der Waals surface area contributed by atoms with Crippen LogP contribution in [0, 0.1) is 0 Å². The van der Waals surface area contributed by atoms with Gasteiger partial charge in [0.05, 0.1) is 10.4 Å². The Bertz CT molecular complexity index is 562. The van der Waals surface area contributed by atoms with E-state index >= 15 is 0 Å². The highest BCUT2D eigenvalue weighted by Crippen LogP contribution is 2.33. The fourth-order valence-electron chi connectivity index (χ4n) is 2.51. The Labute approximate surface area is 131 Å². The fraction of sp³-hybridized carbons (Fsp3) is 0.412. The molecule has 0 bridgehead atoms. The Balaban J connectivity index is 2.47. The average molecular weight is 308 g/mol. The van der Waals surface area contributed by atoms with Gasteiger partial charge in [0.1, 0.15) is 0 Å². The lowest BCUT2D eigenvalue weighted by Gasteiger charge is -2.21. The molecule has 0 amide bonds. The van der Waals surface area contributed by atoms with Crippen LogP contribution in [0.4, 0.5) is 0 Å². The summed E-state index contributed by atoms with van der Waals surface area (Å²) in [5.41, 5.74) is 4.20. The van der Waals surface area contributed by atoms with Crippen LogP contribution in [0.3, 0.4) is 0 Å². The van der Waals surface area contributed by atoms with Crippen LogP contribution in [0.25, 0.3) is 0 Å². The highest BCUT2D eigenvalue weighted by molar-refractivity contribution is 7.16. The Hall–Kier alpha value is -0.830. The molecule has 0 saturated carbocycles. The molecule has 0 radical (unpaired) electrons. The van der Waals surface area contributed by atoms with Gasteiger partial charge in [-0.3, -0.25) is 0 Å².